The number of aromatic nitrogens is 2. The van der Waals surface area contributed by atoms with Gasteiger partial charge >= 0.3 is 6.18 Å². The van der Waals surface area contributed by atoms with Crippen molar-refractivity contribution in [1.29, 1.82) is 0 Å². The van der Waals surface area contributed by atoms with E-state index in [0.29, 0.717) is 64.4 Å². The van der Waals surface area contributed by atoms with Gasteiger partial charge in [-0.15, -0.1) is 0 Å². The zero-order valence-electron chi connectivity index (χ0n) is 23.0. The number of alkyl halides is 3. The second-order valence-corrected chi connectivity index (χ2v) is 9.99. The zero-order valence-corrected chi connectivity index (χ0v) is 23.0. The molecule has 2 aliphatic rings. The number of hydrogen-bond donors (Lipinski definition) is 1. The van der Waals surface area contributed by atoms with Gasteiger partial charge in [0.2, 0.25) is 0 Å². The molecule has 1 N–H and O–H groups in total. The van der Waals surface area contributed by atoms with E-state index in [2.05, 4.69) is 15.1 Å². The van der Waals surface area contributed by atoms with Crippen LogP contribution in [0.3, 0.4) is 0 Å². The highest BCUT2D eigenvalue weighted by atomic mass is 19.4. The lowest BCUT2D eigenvalue weighted by Crippen LogP contribution is -2.39. The van der Waals surface area contributed by atoms with Crippen LogP contribution in [0.4, 0.5) is 30.5 Å². The number of aryl methyl sites for hydroxylation is 2. The fraction of sp³-hybridized carbons (Fsp3) is 0.414. The summed E-state index contributed by atoms with van der Waals surface area (Å²) < 4.78 is 52.4. The summed E-state index contributed by atoms with van der Waals surface area (Å²) in [6.45, 7) is 8.81. The normalized spacial score (nSPS) is 16.1. The van der Waals surface area contributed by atoms with Gasteiger partial charge in [-0.1, -0.05) is 6.07 Å². The van der Waals surface area contributed by atoms with Crippen LogP contribution >= 0.6 is 0 Å². The van der Waals surface area contributed by atoms with Gasteiger partial charge < -0.3 is 29.2 Å². The second kappa shape index (κ2) is 11.9. The van der Waals surface area contributed by atoms with Crippen molar-refractivity contribution in [1.82, 2.24) is 9.55 Å². The molecule has 2 fully saturated rings. The van der Waals surface area contributed by atoms with Crippen LogP contribution < -0.4 is 20.7 Å². The Kier molecular flexibility index (Phi) is 8.32. The number of carbonyl (C=O) groups excluding carboxylic acids is 1. The quantitative estimate of drug-likeness (QED) is 0.475. The Labute approximate surface area is 235 Å². The molecule has 12 heteroatoms. The van der Waals surface area contributed by atoms with E-state index in [1.165, 1.54) is 0 Å². The lowest BCUT2D eigenvalue weighted by Gasteiger charge is -2.32. The van der Waals surface area contributed by atoms with Gasteiger partial charge in [-0.2, -0.15) is 13.2 Å². The summed E-state index contributed by atoms with van der Waals surface area (Å²) in [5.41, 5.74) is 0.303. The Balaban J connectivity index is 1.49. The van der Waals surface area contributed by atoms with Crippen molar-refractivity contribution in [3.63, 3.8) is 0 Å². The van der Waals surface area contributed by atoms with Gasteiger partial charge in [0.05, 0.1) is 32.0 Å². The summed E-state index contributed by atoms with van der Waals surface area (Å²) in [6.07, 6.45) is -3.73. The summed E-state index contributed by atoms with van der Waals surface area (Å²) >= 11 is 0. The number of hydrogen-bond acceptors (Lipinski definition) is 7. The molecule has 0 atom stereocenters. The van der Waals surface area contributed by atoms with Gasteiger partial charge in [-0.05, 0) is 60.9 Å². The predicted molar refractivity (Wildman–Crippen MR) is 150 cm³/mol. The number of nitrogens with one attached hydrogen (secondary N) is 1. The van der Waals surface area contributed by atoms with Gasteiger partial charge in [0.25, 0.3) is 11.5 Å². The third-order valence-electron chi connectivity index (χ3n) is 7.27. The minimum Gasteiger partial charge on any atom is -0.378 e. The van der Waals surface area contributed by atoms with Crippen LogP contribution in [-0.4, -0.2) is 68.1 Å². The first-order chi connectivity index (χ1) is 19.6. The number of halogens is 3. The van der Waals surface area contributed by atoms with E-state index in [9.17, 15) is 22.8 Å². The second-order valence-electron chi connectivity index (χ2n) is 9.99. The topological polar surface area (TPSA) is 88.9 Å². The molecule has 0 aliphatic carbocycles. The molecule has 41 heavy (non-hydrogen) atoms. The van der Waals surface area contributed by atoms with Gasteiger partial charge in [-0.3, -0.25) is 9.59 Å². The standard InChI is InChI=1S/C29H32F3N5O4/c1-3-35-18-21(14-24(28(35)39)29(30,31)32)27(38)33-22-5-4-19(2)23(17-22)20-15-25(36-6-10-40-11-7-36)34-26(16-20)37-8-12-41-13-9-37/h4-5,14-18H,3,6-13H2,1-2H3,(H,33,38). The molecule has 0 spiro atoms. The number of rotatable bonds is 6. The Morgan fingerprint density at radius 1 is 0.951 bits per heavy atom. The molecule has 2 aliphatic heterocycles. The maximum absolute atomic E-state index is 13.5. The molecular weight excluding hydrogens is 539 g/mol. The summed E-state index contributed by atoms with van der Waals surface area (Å²) in [7, 11) is 0. The Bertz CT molecular complexity index is 1440. The average molecular weight is 572 g/mol. The molecule has 0 unspecified atom stereocenters. The smallest absolute Gasteiger partial charge is 0.378 e. The monoisotopic (exact) mass is 571 g/mol. The molecule has 9 nitrogen and oxygen atoms in total. The molecule has 1 aromatic carbocycles. The summed E-state index contributed by atoms with van der Waals surface area (Å²) in [5.74, 6) is 0.899. The van der Waals surface area contributed by atoms with E-state index in [4.69, 9.17) is 14.5 Å². The highest BCUT2D eigenvalue weighted by Gasteiger charge is 2.35. The number of carbonyl (C=O) groups is 1. The van der Waals surface area contributed by atoms with E-state index in [0.717, 1.165) is 39.1 Å². The first-order valence-electron chi connectivity index (χ1n) is 13.6. The zero-order chi connectivity index (χ0) is 29.1. The number of nitrogens with zero attached hydrogens (tertiary/aromatic N) is 4. The molecule has 1 amide bonds. The van der Waals surface area contributed by atoms with Crippen molar-refractivity contribution in [3.8, 4) is 11.1 Å². The summed E-state index contributed by atoms with van der Waals surface area (Å²) in [6, 6.07) is 9.97. The van der Waals surface area contributed by atoms with Crippen LogP contribution in [0.15, 0.2) is 47.4 Å². The fourth-order valence-corrected chi connectivity index (χ4v) is 4.98. The molecule has 2 aromatic heterocycles. The van der Waals surface area contributed by atoms with Crippen molar-refractivity contribution in [2.75, 3.05) is 67.7 Å². The molecule has 5 rings (SSSR count). The lowest BCUT2D eigenvalue weighted by atomic mass is 9.99. The Hall–Kier alpha value is -3.90. The Morgan fingerprint density at radius 2 is 1.54 bits per heavy atom. The highest BCUT2D eigenvalue weighted by molar-refractivity contribution is 6.04. The Morgan fingerprint density at radius 3 is 2.07 bits per heavy atom. The van der Waals surface area contributed by atoms with Crippen LogP contribution in [0.25, 0.3) is 11.1 Å². The first-order valence-corrected chi connectivity index (χ1v) is 13.6. The number of benzene rings is 1. The molecule has 2 saturated heterocycles. The van der Waals surface area contributed by atoms with E-state index in [1.807, 2.05) is 25.1 Å². The SMILES string of the molecule is CCn1cc(C(=O)Nc2ccc(C)c(-c3cc(N4CCOCC4)nc(N4CCOCC4)c3)c2)cc(C(F)(F)F)c1=O. The number of morpholine rings is 2. The number of pyridine rings is 2. The largest absolute Gasteiger partial charge is 0.421 e. The van der Waals surface area contributed by atoms with Crippen molar-refractivity contribution >= 4 is 23.2 Å². The predicted octanol–water partition coefficient (Wildman–Crippen LogP) is 4.18. The van der Waals surface area contributed by atoms with E-state index < -0.39 is 23.2 Å². The number of amides is 1. The van der Waals surface area contributed by atoms with Crippen molar-refractivity contribution in [3.05, 3.63) is 69.6 Å². The molecular formula is C29H32F3N5O4. The van der Waals surface area contributed by atoms with Crippen LogP contribution in [0, 0.1) is 6.92 Å². The molecule has 4 heterocycles. The van der Waals surface area contributed by atoms with Gasteiger partial charge in [0, 0.05) is 44.6 Å². The van der Waals surface area contributed by atoms with Gasteiger partial charge in [0.15, 0.2) is 0 Å². The van der Waals surface area contributed by atoms with E-state index in [1.54, 1.807) is 19.1 Å². The average Bonchev–Trinajstić information content (AvgIpc) is 2.98. The molecule has 3 aromatic rings. The van der Waals surface area contributed by atoms with E-state index >= 15 is 0 Å². The van der Waals surface area contributed by atoms with Crippen molar-refractivity contribution < 1.29 is 27.4 Å². The first kappa shape index (κ1) is 28.6. The van der Waals surface area contributed by atoms with Crippen LogP contribution in [0.1, 0.15) is 28.4 Å². The molecule has 218 valence electrons. The molecule has 0 radical (unpaired) electrons. The lowest BCUT2D eigenvalue weighted by molar-refractivity contribution is -0.139. The minimum atomic E-state index is -4.88. The highest BCUT2D eigenvalue weighted by Crippen LogP contribution is 2.33. The van der Waals surface area contributed by atoms with Gasteiger partial charge in [-0.25, -0.2) is 4.98 Å². The third-order valence-corrected chi connectivity index (χ3v) is 7.27. The maximum atomic E-state index is 13.5. The number of anilines is 3. The summed E-state index contributed by atoms with van der Waals surface area (Å²) in [5, 5.41) is 2.71. The summed E-state index contributed by atoms with van der Waals surface area (Å²) in [4.78, 5) is 34.6. The third kappa shape index (κ3) is 6.38. The van der Waals surface area contributed by atoms with Crippen LogP contribution in [0.2, 0.25) is 0 Å². The molecule has 0 saturated carbocycles. The molecule has 0 bridgehead atoms. The van der Waals surface area contributed by atoms with Crippen LogP contribution in [-0.2, 0) is 22.2 Å². The van der Waals surface area contributed by atoms with E-state index in [-0.39, 0.29) is 12.1 Å². The van der Waals surface area contributed by atoms with Crippen molar-refractivity contribution in [2.24, 2.45) is 0 Å². The fourth-order valence-electron chi connectivity index (χ4n) is 4.98. The maximum Gasteiger partial charge on any atom is 0.421 e. The van der Waals surface area contributed by atoms with Gasteiger partial charge in [0.1, 0.15) is 17.2 Å². The van der Waals surface area contributed by atoms with Crippen molar-refractivity contribution in [2.45, 2.75) is 26.6 Å². The number of ether oxygens (including phenoxy) is 2. The minimum absolute atomic E-state index is 0.00327. The van der Waals surface area contributed by atoms with Crippen LogP contribution in [0.5, 0.6) is 0 Å².